The summed E-state index contributed by atoms with van der Waals surface area (Å²) in [6.07, 6.45) is 5.02. The average molecular weight is 275 g/mol. The van der Waals surface area contributed by atoms with Gasteiger partial charge in [0, 0.05) is 6.04 Å². The molecule has 0 aromatic heterocycles. The SMILES string of the molecule is CCCCC(NCCC)c1c(C)c(C)c(C)c(C)c1C. The van der Waals surface area contributed by atoms with Crippen LogP contribution in [0.15, 0.2) is 0 Å². The Bertz CT molecular complexity index is 409. The third kappa shape index (κ3) is 3.63. The fourth-order valence-corrected chi connectivity index (χ4v) is 3.13. The molecule has 0 spiro atoms. The largest absolute Gasteiger partial charge is 0.310 e. The van der Waals surface area contributed by atoms with Gasteiger partial charge in [0.2, 0.25) is 0 Å². The molecule has 114 valence electrons. The third-order valence-electron chi connectivity index (χ3n) is 4.89. The Morgan fingerprint density at radius 3 is 1.70 bits per heavy atom. The summed E-state index contributed by atoms with van der Waals surface area (Å²) in [4.78, 5) is 0. The Morgan fingerprint density at radius 1 is 0.750 bits per heavy atom. The highest BCUT2D eigenvalue weighted by atomic mass is 14.9. The lowest BCUT2D eigenvalue weighted by molar-refractivity contribution is 0.477. The van der Waals surface area contributed by atoms with Crippen molar-refractivity contribution in [1.29, 1.82) is 0 Å². The van der Waals surface area contributed by atoms with Gasteiger partial charge >= 0.3 is 0 Å². The van der Waals surface area contributed by atoms with Crippen molar-refractivity contribution >= 4 is 0 Å². The summed E-state index contributed by atoms with van der Waals surface area (Å²) < 4.78 is 0. The lowest BCUT2D eigenvalue weighted by Gasteiger charge is -2.26. The van der Waals surface area contributed by atoms with Gasteiger partial charge in [0.25, 0.3) is 0 Å². The van der Waals surface area contributed by atoms with Gasteiger partial charge in [0.1, 0.15) is 0 Å². The topological polar surface area (TPSA) is 12.0 Å². The maximum absolute atomic E-state index is 3.78. The standard InChI is InChI=1S/C19H33N/c1-8-10-11-18(20-12-9-2)19-16(6)14(4)13(3)15(5)17(19)7/h18,20H,8-12H2,1-7H3. The maximum Gasteiger partial charge on any atom is 0.0325 e. The zero-order valence-corrected chi connectivity index (χ0v) is 14.6. The Hall–Kier alpha value is -0.820. The van der Waals surface area contributed by atoms with E-state index in [-0.39, 0.29) is 0 Å². The summed E-state index contributed by atoms with van der Waals surface area (Å²) in [5.41, 5.74) is 8.97. The molecule has 1 aromatic carbocycles. The van der Waals surface area contributed by atoms with Crippen LogP contribution in [0.1, 0.15) is 79.0 Å². The molecule has 1 heteroatoms. The second-order valence-electron chi connectivity index (χ2n) is 6.19. The molecular formula is C19H33N. The van der Waals surface area contributed by atoms with E-state index < -0.39 is 0 Å². The van der Waals surface area contributed by atoms with E-state index in [4.69, 9.17) is 0 Å². The van der Waals surface area contributed by atoms with Crippen LogP contribution in [0, 0.1) is 34.6 Å². The summed E-state index contributed by atoms with van der Waals surface area (Å²) in [7, 11) is 0. The summed E-state index contributed by atoms with van der Waals surface area (Å²) in [6.45, 7) is 17.0. The van der Waals surface area contributed by atoms with Crippen LogP contribution >= 0.6 is 0 Å². The van der Waals surface area contributed by atoms with Crippen molar-refractivity contribution < 1.29 is 0 Å². The van der Waals surface area contributed by atoms with Gasteiger partial charge in [-0.05, 0) is 87.4 Å². The van der Waals surface area contributed by atoms with Gasteiger partial charge in [-0.3, -0.25) is 0 Å². The molecule has 20 heavy (non-hydrogen) atoms. The molecule has 0 saturated heterocycles. The van der Waals surface area contributed by atoms with Crippen LogP contribution in [-0.2, 0) is 0 Å². The molecule has 0 heterocycles. The van der Waals surface area contributed by atoms with Gasteiger partial charge in [-0.25, -0.2) is 0 Å². The van der Waals surface area contributed by atoms with Crippen LogP contribution in [0.4, 0.5) is 0 Å². The lowest BCUT2D eigenvalue weighted by atomic mass is 9.85. The summed E-state index contributed by atoms with van der Waals surface area (Å²) >= 11 is 0. The molecule has 1 nitrogen and oxygen atoms in total. The molecule has 1 aromatic rings. The van der Waals surface area contributed by atoms with Crippen LogP contribution < -0.4 is 5.32 Å². The normalized spacial score (nSPS) is 12.8. The van der Waals surface area contributed by atoms with Gasteiger partial charge in [-0.15, -0.1) is 0 Å². The average Bonchev–Trinajstić information content (AvgIpc) is 2.45. The van der Waals surface area contributed by atoms with Crippen LogP contribution in [0.25, 0.3) is 0 Å². The first kappa shape index (κ1) is 17.2. The Kier molecular flexibility index (Phi) is 6.75. The van der Waals surface area contributed by atoms with Crippen molar-refractivity contribution in [2.75, 3.05) is 6.54 Å². The zero-order chi connectivity index (χ0) is 15.3. The van der Waals surface area contributed by atoms with E-state index >= 15 is 0 Å². The molecule has 0 aliphatic carbocycles. The fraction of sp³-hybridized carbons (Fsp3) is 0.684. The molecule has 0 amide bonds. The summed E-state index contributed by atoms with van der Waals surface area (Å²) in [6, 6.07) is 0.521. The number of unbranched alkanes of at least 4 members (excludes halogenated alkanes) is 1. The van der Waals surface area contributed by atoms with Crippen LogP contribution in [-0.4, -0.2) is 6.54 Å². The zero-order valence-electron chi connectivity index (χ0n) is 14.6. The van der Waals surface area contributed by atoms with Crippen LogP contribution in [0.5, 0.6) is 0 Å². The predicted molar refractivity (Wildman–Crippen MR) is 90.7 cm³/mol. The molecule has 0 aliphatic rings. The van der Waals surface area contributed by atoms with Crippen molar-refractivity contribution in [1.82, 2.24) is 5.32 Å². The van der Waals surface area contributed by atoms with Crippen LogP contribution in [0.2, 0.25) is 0 Å². The highest BCUT2D eigenvalue weighted by Crippen LogP contribution is 2.32. The quantitative estimate of drug-likeness (QED) is 0.696. The monoisotopic (exact) mass is 275 g/mol. The first-order valence-corrected chi connectivity index (χ1v) is 8.25. The Balaban J connectivity index is 3.24. The van der Waals surface area contributed by atoms with Gasteiger partial charge < -0.3 is 5.32 Å². The van der Waals surface area contributed by atoms with E-state index in [1.165, 1.54) is 53.5 Å². The second-order valence-corrected chi connectivity index (χ2v) is 6.19. The molecule has 0 radical (unpaired) electrons. The highest BCUT2D eigenvalue weighted by molar-refractivity contribution is 5.50. The van der Waals surface area contributed by atoms with E-state index in [0.29, 0.717) is 6.04 Å². The Labute approximate surface area is 126 Å². The van der Waals surface area contributed by atoms with Crippen molar-refractivity contribution in [3.63, 3.8) is 0 Å². The lowest BCUT2D eigenvalue weighted by Crippen LogP contribution is -2.24. The molecule has 0 bridgehead atoms. The van der Waals surface area contributed by atoms with E-state index in [1.54, 1.807) is 5.56 Å². The first-order valence-electron chi connectivity index (χ1n) is 8.25. The van der Waals surface area contributed by atoms with E-state index in [2.05, 4.69) is 53.8 Å². The smallest absolute Gasteiger partial charge is 0.0325 e. The van der Waals surface area contributed by atoms with Crippen LogP contribution in [0.3, 0.4) is 0 Å². The second kappa shape index (κ2) is 7.83. The van der Waals surface area contributed by atoms with E-state index in [0.717, 1.165) is 6.54 Å². The van der Waals surface area contributed by atoms with Crippen molar-refractivity contribution in [2.24, 2.45) is 0 Å². The van der Waals surface area contributed by atoms with E-state index in [1.807, 2.05) is 0 Å². The number of benzene rings is 1. The molecule has 0 fully saturated rings. The first-order chi connectivity index (χ1) is 9.45. The third-order valence-corrected chi connectivity index (χ3v) is 4.89. The van der Waals surface area contributed by atoms with Gasteiger partial charge in [0.05, 0.1) is 0 Å². The minimum absolute atomic E-state index is 0.521. The number of hydrogen-bond acceptors (Lipinski definition) is 1. The molecule has 0 saturated carbocycles. The van der Waals surface area contributed by atoms with Crippen molar-refractivity contribution in [3.8, 4) is 0 Å². The predicted octanol–water partition coefficient (Wildman–Crippen LogP) is 5.46. The molecule has 1 N–H and O–H groups in total. The molecule has 1 unspecified atom stereocenters. The number of rotatable bonds is 7. The van der Waals surface area contributed by atoms with Gasteiger partial charge in [-0.2, -0.15) is 0 Å². The summed E-state index contributed by atoms with van der Waals surface area (Å²) in [5.74, 6) is 0. The number of hydrogen-bond donors (Lipinski definition) is 1. The maximum atomic E-state index is 3.78. The fourth-order valence-electron chi connectivity index (χ4n) is 3.13. The number of nitrogens with one attached hydrogen (secondary N) is 1. The van der Waals surface area contributed by atoms with Gasteiger partial charge in [-0.1, -0.05) is 26.7 Å². The molecule has 1 rings (SSSR count). The van der Waals surface area contributed by atoms with E-state index in [9.17, 15) is 0 Å². The molecule has 0 aliphatic heterocycles. The molecular weight excluding hydrogens is 242 g/mol. The summed E-state index contributed by atoms with van der Waals surface area (Å²) in [5, 5.41) is 3.78. The van der Waals surface area contributed by atoms with Gasteiger partial charge in [0.15, 0.2) is 0 Å². The van der Waals surface area contributed by atoms with Crippen molar-refractivity contribution in [3.05, 3.63) is 33.4 Å². The van der Waals surface area contributed by atoms with Crippen molar-refractivity contribution in [2.45, 2.75) is 80.2 Å². The minimum atomic E-state index is 0.521. The Morgan fingerprint density at radius 2 is 1.25 bits per heavy atom. The molecule has 1 atom stereocenters. The minimum Gasteiger partial charge on any atom is -0.310 e. The highest BCUT2D eigenvalue weighted by Gasteiger charge is 2.19.